The summed E-state index contributed by atoms with van der Waals surface area (Å²) in [5.74, 6) is 1.40. The number of H-pyrrole nitrogens is 1. The molecule has 0 amide bonds. The number of aromatic amines is 1. The van der Waals surface area contributed by atoms with Gasteiger partial charge in [-0.25, -0.2) is 0 Å². The summed E-state index contributed by atoms with van der Waals surface area (Å²) in [6, 6.07) is 11.8. The van der Waals surface area contributed by atoms with E-state index in [1.54, 1.807) is 12.3 Å². The molecule has 3 aromatic rings. The van der Waals surface area contributed by atoms with Crippen molar-refractivity contribution in [2.24, 2.45) is 0 Å². The maximum absolute atomic E-state index is 8.82. The zero-order valence-corrected chi connectivity index (χ0v) is 11.8. The van der Waals surface area contributed by atoms with E-state index in [1.807, 2.05) is 12.1 Å². The minimum atomic E-state index is 0.374. The second kappa shape index (κ2) is 5.25. The smallest absolute Gasteiger partial charge is 0.274 e. The standard InChI is InChI=1S/C16H14N4O/c1-10(2)12-3-5-13(6-4-12)15-19-16(21-20-15)14-7-11(8-17)9-18-14/h3-7,9-10,18H,1-2H3. The third-order valence-electron chi connectivity index (χ3n) is 3.30. The molecular weight excluding hydrogens is 264 g/mol. The van der Waals surface area contributed by atoms with Crippen molar-refractivity contribution in [3.05, 3.63) is 47.7 Å². The first kappa shape index (κ1) is 13.1. The molecule has 0 saturated heterocycles. The molecular formula is C16H14N4O. The van der Waals surface area contributed by atoms with Crippen LogP contribution in [0.4, 0.5) is 0 Å². The number of aromatic nitrogens is 3. The second-order valence-electron chi connectivity index (χ2n) is 5.11. The maximum atomic E-state index is 8.82. The van der Waals surface area contributed by atoms with Gasteiger partial charge in [0.2, 0.25) is 5.82 Å². The predicted molar refractivity (Wildman–Crippen MR) is 78.3 cm³/mol. The third-order valence-corrected chi connectivity index (χ3v) is 3.30. The fourth-order valence-corrected chi connectivity index (χ4v) is 2.05. The van der Waals surface area contributed by atoms with E-state index in [4.69, 9.17) is 9.78 Å². The lowest BCUT2D eigenvalue weighted by Crippen LogP contribution is -1.87. The number of hydrogen-bond donors (Lipinski definition) is 1. The molecule has 2 aromatic heterocycles. The van der Waals surface area contributed by atoms with E-state index in [9.17, 15) is 0 Å². The highest BCUT2D eigenvalue weighted by Gasteiger charge is 2.12. The monoisotopic (exact) mass is 278 g/mol. The molecule has 3 rings (SSSR count). The molecule has 0 aliphatic rings. The van der Waals surface area contributed by atoms with Crippen molar-refractivity contribution in [1.82, 2.24) is 15.1 Å². The van der Waals surface area contributed by atoms with E-state index in [0.717, 1.165) is 5.56 Å². The highest BCUT2D eigenvalue weighted by molar-refractivity contribution is 5.59. The van der Waals surface area contributed by atoms with Gasteiger partial charge in [0.1, 0.15) is 11.8 Å². The highest BCUT2D eigenvalue weighted by atomic mass is 16.5. The average Bonchev–Trinajstić information content (AvgIpc) is 3.16. The summed E-state index contributed by atoms with van der Waals surface area (Å²) in [7, 11) is 0. The summed E-state index contributed by atoms with van der Waals surface area (Å²) in [6.07, 6.45) is 1.61. The van der Waals surface area contributed by atoms with Crippen LogP contribution in [0.15, 0.2) is 41.1 Å². The zero-order chi connectivity index (χ0) is 14.8. The zero-order valence-electron chi connectivity index (χ0n) is 11.8. The van der Waals surface area contributed by atoms with E-state index >= 15 is 0 Å². The van der Waals surface area contributed by atoms with E-state index in [-0.39, 0.29) is 0 Å². The van der Waals surface area contributed by atoms with Crippen molar-refractivity contribution in [3.63, 3.8) is 0 Å². The van der Waals surface area contributed by atoms with Crippen LogP contribution in [-0.2, 0) is 0 Å². The highest BCUT2D eigenvalue weighted by Crippen LogP contribution is 2.23. The van der Waals surface area contributed by atoms with Gasteiger partial charge in [-0.1, -0.05) is 43.3 Å². The summed E-state index contributed by atoms with van der Waals surface area (Å²) in [5.41, 5.74) is 3.35. The fraction of sp³-hybridized carbons (Fsp3) is 0.188. The van der Waals surface area contributed by atoms with Crippen molar-refractivity contribution >= 4 is 0 Å². The molecule has 21 heavy (non-hydrogen) atoms. The van der Waals surface area contributed by atoms with Crippen molar-refractivity contribution in [2.75, 3.05) is 0 Å². The molecule has 0 saturated carbocycles. The predicted octanol–water partition coefficient (Wildman–Crippen LogP) is 3.73. The van der Waals surface area contributed by atoms with Gasteiger partial charge in [0.15, 0.2) is 0 Å². The molecule has 0 unspecified atom stereocenters. The summed E-state index contributed by atoms with van der Waals surface area (Å²) < 4.78 is 5.24. The Balaban J connectivity index is 1.89. The number of hydrogen-bond acceptors (Lipinski definition) is 4. The number of rotatable bonds is 3. The van der Waals surface area contributed by atoms with Gasteiger partial charge in [-0.2, -0.15) is 10.2 Å². The summed E-state index contributed by atoms with van der Waals surface area (Å²) in [4.78, 5) is 7.30. The first-order valence-corrected chi connectivity index (χ1v) is 6.70. The lowest BCUT2D eigenvalue weighted by Gasteiger charge is -2.04. The van der Waals surface area contributed by atoms with Crippen LogP contribution in [0.5, 0.6) is 0 Å². The largest absolute Gasteiger partial charge is 0.356 e. The van der Waals surface area contributed by atoms with Crippen molar-refractivity contribution in [1.29, 1.82) is 5.26 Å². The molecule has 1 aromatic carbocycles. The van der Waals surface area contributed by atoms with E-state index in [2.05, 4.69) is 47.2 Å². The molecule has 0 atom stereocenters. The Bertz CT molecular complexity index is 790. The lowest BCUT2D eigenvalue weighted by molar-refractivity contribution is 0.431. The van der Waals surface area contributed by atoms with Gasteiger partial charge in [0.05, 0.1) is 5.56 Å². The SMILES string of the molecule is CC(C)c1ccc(-c2noc(-c3cc(C#N)c[nH]3)n2)cc1. The Kier molecular flexibility index (Phi) is 3.28. The lowest BCUT2D eigenvalue weighted by atomic mass is 10.0. The number of benzene rings is 1. The number of nitrogens with zero attached hydrogens (tertiary/aromatic N) is 3. The van der Waals surface area contributed by atoms with E-state index < -0.39 is 0 Å². The first-order valence-electron chi connectivity index (χ1n) is 6.70. The summed E-state index contributed by atoms with van der Waals surface area (Å²) in [5, 5.41) is 12.8. The Hall–Kier alpha value is -2.87. The van der Waals surface area contributed by atoms with Crippen molar-refractivity contribution < 1.29 is 4.52 Å². The van der Waals surface area contributed by atoms with Crippen LogP contribution in [0.1, 0.15) is 30.9 Å². The molecule has 0 aliphatic carbocycles. The third kappa shape index (κ3) is 2.56. The Morgan fingerprint density at radius 1 is 1.24 bits per heavy atom. The van der Waals surface area contributed by atoms with Crippen LogP contribution in [0.3, 0.4) is 0 Å². The van der Waals surface area contributed by atoms with Gasteiger partial charge >= 0.3 is 0 Å². The molecule has 104 valence electrons. The van der Waals surface area contributed by atoms with Crippen LogP contribution >= 0.6 is 0 Å². The molecule has 0 fully saturated rings. The molecule has 1 N–H and O–H groups in total. The van der Waals surface area contributed by atoms with Crippen LogP contribution < -0.4 is 0 Å². The molecule has 5 heteroatoms. The van der Waals surface area contributed by atoms with Crippen LogP contribution in [-0.4, -0.2) is 15.1 Å². The van der Waals surface area contributed by atoms with Crippen LogP contribution in [0.2, 0.25) is 0 Å². The summed E-state index contributed by atoms with van der Waals surface area (Å²) >= 11 is 0. The van der Waals surface area contributed by atoms with Gasteiger partial charge in [0, 0.05) is 11.8 Å². The minimum Gasteiger partial charge on any atom is -0.356 e. The topological polar surface area (TPSA) is 78.5 Å². The van der Waals surface area contributed by atoms with Gasteiger partial charge in [-0.15, -0.1) is 0 Å². The number of nitrogens with one attached hydrogen (secondary N) is 1. The molecule has 0 bridgehead atoms. The maximum Gasteiger partial charge on any atom is 0.274 e. The van der Waals surface area contributed by atoms with Crippen molar-refractivity contribution in [2.45, 2.75) is 19.8 Å². The fourth-order valence-electron chi connectivity index (χ4n) is 2.05. The Morgan fingerprint density at radius 3 is 2.62 bits per heavy atom. The molecule has 0 aliphatic heterocycles. The van der Waals surface area contributed by atoms with Crippen LogP contribution in [0.25, 0.3) is 23.0 Å². The normalized spacial score (nSPS) is 10.8. The Labute approximate surface area is 122 Å². The van der Waals surface area contributed by atoms with Gasteiger partial charge < -0.3 is 9.51 Å². The van der Waals surface area contributed by atoms with E-state index in [1.165, 1.54) is 5.56 Å². The Morgan fingerprint density at radius 2 is 2.00 bits per heavy atom. The molecule has 0 spiro atoms. The van der Waals surface area contributed by atoms with Crippen molar-refractivity contribution in [3.8, 4) is 29.0 Å². The number of nitriles is 1. The summed E-state index contributed by atoms with van der Waals surface area (Å²) in [6.45, 7) is 4.30. The van der Waals surface area contributed by atoms with Crippen LogP contribution in [0, 0.1) is 11.3 Å². The second-order valence-corrected chi connectivity index (χ2v) is 5.11. The molecule has 2 heterocycles. The molecule has 5 nitrogen and oxygen atoms in total. The molecule has 0 radical (unpaired) electrons. The van der Waals surface area contributed by atoms with Gasteiger partial charge in [-0.05, 0) is 17.5 Å². The average molecular weight is 278 g/mol. The van der Waals surface area contributed by atoms with E-state index in [0.29, 0.717) is 28.9 Å². The first-order chi connectivity index (χ1) is 10.2. The van der Waals surface area contributed by atoms with Gasteiger partial charge in [0.25, 0.3) is 5.89 Å². The van der Waals surface area contributed by atoms with Gasteiger partial charge in [-0.3, -0.25) is 0 Å². The quantitative estimate of drug-likeness (QED) is 0.791. The minimum absolute atomic E-state index is 0.374.